The molecule has 24 heavy (non-hydrogen) atoms. The van der Waals surface area contributed by atoms with Crippen molar-refractivity contribution in [3.05, 3.63) is 47.8 Å². The average molecular weight is 323 g/mol. The van der Waals surface area contributed by atoms with E-state index in [4.69, 9.17) is 10.00 Å². The molecule has 0 aromatic carbocycles. The molecule has 2 aromatic heterocycles. The van der Waals surface area contributed by atoms with Crippen LogP contribution < -0.4 is 10.2 Å². The summed E-state index contributed by atoms with van der Waals surface area (Å²) < 4.78 is 5.76. The van der Waals surface area contributed by atoms with Crippen LogP contribution in [0.25, 0.3) is 0 Å². The normalized spacial score (nSPS) is 20.5. The fourth-order valence-corrected chi connectivity index (χ4v) is 2.83. The van der Waals surface area contributed by atoms with Gasteiger partial charge in [-0.05, 0) is 37.6 Å². The monoisotopic (exact) mass is 323 g/mol. The van der Waals surface area contributed by atoms with E-state index in [1.165, 1.54) is 0 Å². The number of nitrogens with zero attached hydrogens (tertiary/aromatic N) is 4. The third-order valence-corrected chi connectivity index (χ3v) is 3.92. The highest BCUT2D eigenvalue weighted by Crippen LogP contribution is 2.18. The van der Waals surface area contributed by atoms with Crippen molar-refractivity contribution < 1.29 is 4.74 Å². The molecule has 3 heterocycles. The predicted molar refractivity (Wildman–Crippen MR) is 92.7 cm³/mol. The molecule has 1 saturated heterocycles. The van der Waals surface area contributed by atoms with Crippen molar-refractivity contribution in [2.24, 2.45) is 0 Å². The molecule has 2 aromatic rings. The maximum atomic E-state index is 8.77. The summed E-state index contributed by atoms with van der Waals surface area (Å²) in [4.78, 5) is 11.0. The summed E-state index contributed by atoms with van der Waals surface area (Å²) >= 11 is 0. The molecule has 1 fully saturated rings. The van der Waals surface area contributed by atoms with Crippen LogP contribution >= 0.6 is 0 Å². The van der Waals surface area contributed by atoms with Crippen molar-refractivity contribution in [3.63, 3.8) is 0 Å². The highest BCUT2D eigenvalue weighted by Gasteiger charge is 2.22. The van der Waals surface area contributed by atoms with Gasteiger partial charge in [-0.1, -0.05) is 6.07 Å². The quantitative estimate of drug-likeness (QED) is 0.932. The van der Waals surface area contributed by atoms with Gasteiger partial charge in [0.05, 0.1) is 17.8 Å². The third kappa shape index (κ3) is 4.00. The van der Waals surface area contributed by atoms with Gasteiger partial charge >= 0.3 is 0 Å². The van der Waals surface area contributed by atoms with Crippen molar-refractivity contribution in [2.45, 2.75) is 32.6 Å². The van der Waals surface area contributed by atoms with Gasteiger partial charge in [0.2, 0.25) is 0 Å². The first-order valence-electron chi connectivity index (χ1n) is 8.09. The summed E-state index contributed by atoms with van der Waals surface area (Å²) in [6.45, 7) is 6.55. The zero-order valence-corrected chi connectivity index (χ0v) is 13.9. The van der Waals surface area contributed by atoms with Crippen LogP contribution in [0, 0.1) is 11.3 Å². The van der Waals surface area contributed by atoms with Crippen LogP contribution in [-0.4, -0.2) is 35.3 Å². The summed E-state index contributed by atoms with van der Waals surface area (Å²) in [6.07, 6.45) is 3.89. The number of ether oxygens (including phenoxy) is 1. The summed E-state index contributed by atoms with van der Waals surface area (Å²) in [7, 11) is 0. The van der Waals surface area contributed by atoms with E-state index < -0.39 is 0 Å². The van der Waals surface area contributed by atoms with Gasteiger partial charge in [0.25, 0.3) is 0 Å². The lowest BCUT2D eigenvalue weighted by Gasteiger charge is -2.36. The smallest absolute Gasteiger partial charge is 0.128 e. The molecule has 1 aliphatic heterocycles. The molecular formula is C18H21N5O. The predicted octanol–water partition coefficient (Wildman–Crippen LogP) is 2.57. The molecular weight excluding hydrogens is 302 g/mol. The number of nitriles is 1. The Kier molecular flexibility index (Phi) is 4.92. The Bertz CT molecular complexity index is 698. The van der Waals surface area contributed by atoms with Gasteiger partial charge in [-0.2, -0.15) is 5.26 Å². The van der Waals surface area contributed by atoms with Gasteiger partial charge in [0, 0.05) is 32.0 Å². The van der Waals surface area contributed by atoms with Crippen molar-refractivity contribution >= 4 is 11.6 Å². The fourth-order valence-electron chi connectivity index (χ4n) is 2.83. The lowest BCUT2D eigenvalue weighted by molar-refractivity contribution is -0.00545. The van der Waals surface area contributed by atoms with Crippen LogP contribution in [0.15, 0.2) is 36.7 Å². The van der Waals surface area contributed by atoms with Gasteiger partial charge in [0.15, 0.2) is 0 Å². The molecule has 0 bridgehead atoms. The second-order valence-corrected chi connectivity index (χ2v) is 6.08. The standard InChI is InChI=1S/C18H21N5O/c1-13-11-23(12-14(2)24-13)18-6-4-16(10-22-18)9-21-17-5-3-15(7-19)8-20-17/h3-6,8,10,13-14H,9,11-12H2,1-2H3,(H,20,21). The van der Waals surface area contributed by atoms with Gasteiger partial charge in [0.1, 0.15) is 17.7 Å². The lowest BCUT2D eigenvalue weighted by Crippen LogP contribution is -2.45. The van der Waals surface area contributed by atoms with Crippen LogP contribution in [0.3, 0.4) is 0 Å². The van der Waals surface area contributed by atoms with Crippen LogP contribution in [0.5, 0.6) is 0 Å². The second kappa shape index (κ2) is 7.28. The summed E-state index contributed by atoms with van der Waals surface area (Å²) in [5.74, 6) is 1.73. The topological polar surface area (TPSA) is 74.1 Å². The first-order valence-corrected chi connectivity index (χ1v) is 8.09. The van der Waals surface area contributed by atoms with E-state index in [1.807, 2.05) is 12.3 Å². The number of nitrogens with one attached hydrogen (secondary N) is 1. The Hall–Kier alpha value is -2.65. The number of hydrogen-bond acceptors (Lipinski definition) is 6. The first-order chi connectivity index (χ1) is 11.6. The van der Waals surface area contributed by atoms with E-state index in [0.717, 1.165) is 30.3 Å². The van der Waals surface area contributed by atoms with Crippen molar-refractivity contribution in [2.75, 3.05) is 23.3 Å². The second-order valence-electron chi connectivity index (χ2n) is 6.08. The number of morpholine rings is 1. The summed E-state index contributed by atoms with van der Waals surface area (Å²) in [5, 5.41) is 12.0. The number of aromatic nitrogens is 2. The van der Waals surface area contributed by atoms with Gasteiger partial charge < -0.3 is 15.0 Å². The number of hydrogen-bond donors (Lipinski definition) is 1. The van der Waals surface area contributed by atoms with Crippen molar-refractivity contribution in [1.82, 2.24) is 9.97 Å². The first kappa shape index (κ1) is 16.2. The maximum absolute atomic E-state index is 8.77. The zero-order chi connectivity index (χ0) is 16.9. The Morgan fingerprint density at radius 1 is 1.17 bits per heavy atom. The number of rotatable bonds is 4. The van der Waals surface area contributed by atoms with Gasteiger partial charge in [-0.25, -0.2) is 9.97 Å². The minimum atomic E-state index is 0.222. The largest absolute Gasteiger partial charge is 0.372 e. The van der Waals surface area contributed by atoms with E-state index in [2.05, 4.69) is 46.2 Å². The molecule has 3 rings (SSSR count). The molecule has 0 spiro atoms. The minimum Gasteiger partial charge on any atom is -0.372 e. The van der Waals surface area contributed by atoms with Gasteiger partial charge in [-0.3, -0.25) is 0 Å². The Morgan fingerprint density at radius 3 is 2.54 bits per heavy atom. The van der Waals surface area contributed by atoms with Gasteiger partial charge in [-0.15, -0.1) is 0 Å². The maximum Gasteiger partial charge on any atom is 0.128 e. The Morgan fingerprint density at radius 2 is 1.96 bits per heavy atom. The number of anilines is 2. The molecule has 0 aliphatic carbocycles. The molecule has 1 N–H and O–H groups in total. The molecule has 6 nitrogen and oxygen atoms in total. The van der Waals surface area contributed by atoms with E-state index >= 15 is 0 Å². The minimum absolute atomic E-state index is 0.222. The van der Waals surface area contributed by atoms with E-state index in [0.29, 0.717) is 12.1 Å². The zero-order valence-electron chi connectivity index (χ0n) is 13.9. The van der Waals surface area contributed by atoms with E-state index in [9.17, 15) is 0 Å². The van der Waals surface area contributed by atoms with Crippen molar-refractivity contribution in [1.29, 1.82) is 5.26 Å². The lowest BCUT2D eigenvalue weighted by atomic mass is 10.2. The molecule has 124 valence electrons. The Labute approximate surface area is 142 Å². The summed E-state index contributed by atoms with van der Waals surface area (Å²) in [5.41, 5.74) is 1.64. The highest BCUT2D eigenvalue weighted by atomic mass is 16.5. The average Bonchev–Trinajstić information content (AvgIpc) is 2.60. The number of pyridine rings is 2. The van der Waals surface area contributed by atoms with Crippen LogP contribution in [0.2, 0.25) is 0 Å². The molecule has 0 radical (unpaired) electrons. The fraction of sp³-hybridized carbons (Fsp3) is 0.389. The molecule has 0 amide bonds. The third-order valence-electron chi connectivity index (χ3n) is 3.92. The molecule has 6 heteroatoms. The van der Waals surface area contributed by atoms with Crippen molar-refractivity contribution in [3.8, 4) is 6.07 Å². The SMILES string of the molecule is CC1CN(c2ccc(CNc3ccc(C#N)cn3)cn2)CC(C)O1. The molecule has 1 aliphatic rings. The molecule has 0 saturated carbocycles. The molecule has 2 unspecified atom stereocenters. The molecule has 2 atom stereocenters. The van der Waals surface area contributed by atoms with Crippen LogP contribution in [0.4, 0.5) is 11.6 Å². The van der Waals surface area contributed by atoms with E-state index in [1.54, 1.807) is 18.3 Å². The Balaban J connectivity index is 1.59. The summed E-state index contributed by atoms with van der Waals surface area (Å²) in [6, 6.07) is 9.73. The van der Waals surface area contributed by atoms with Crippen LogP contribution in [0.1, 0.15) is 25.0 Å². The van der Waals surface area contributed by atoms with E-state index in [-0.39, 0.29) is 12.2 Å². The highest BCUT2D eigenvalue weighted by molar-refractivity contribution is 5.42. The van der Waals surface area contributed by atoms with Crippen LogP contribution in [-0.2, 0) is 11.3 Å².